The van der Waals surface area contributed by atoms with Crippen LogP contribution in [0.2, 0.25) is 0 Å². The molecule has 5 nitrogen and oxygen atoms in total. The molecule has 0 atom stereocenters. The molecule has 0 aliphatic heterocycles. The van der Waals surface area contributed by atoms with Gasteiger partial charge >= 0.3 is 0 Å². The van der Waals surface area contributed by atoms with Gasteiger partial charge in [0.2, 0.25) is 5.88 Å². The van der Waals surface area contributed by atoms with Gasteiger partial charge in [-0.05, 0) is 51.9 Å². The lowest BCUT2D eigenvalue weighted by Gasteiger charge is -2.10. The SMILES string of the molecule is CSc1ccccc1-c1cnc2ccc(OCCCCN(C)C)nn12. The fourth-order valence-corrected chi connectivity index (χ4v) is 3.29. The molecule has 0 saturated heterocycles. The summed E-state index contributed by atoms with van der Waals surface area (Å²) in [5.41, 5.74) is 2.95. The van der Waals surface area contributed by atoms with Crippen molar-refractivity contribution in [2.75, 3.05) is 33.5 Å². The van der Waals surface area contributed by atoms with Gasteiger partial charge in [-0.3, -0.25) is 0 Å². The lowest BCUT2D eigenvalue weighted by atomic mass is 10.2. The molecule has 2 aromatic heterocycles. The third kappa shape index (κ3) is 4.32. The molecule has 3 rings (SSSR count). The third-order valence-corrected chi connectivity index (χ3v) is 4.77. The molecule has 0 amide bonds. The Morgan fingerprint density at radius 1 is 1.12 bits per heavy atom. The van der Waals surface area contributed by atoms with Crippen LogP contribution in [-0.2, 0) is 0 Å². The largest absolute Gasteiger partial charge is 0.477 e. The Morgan fingerprint density at radius 2 is 1.96 bits per heavy atom. The monoisotopic (exact) mass is 356 g/mol. The zero-order chi connectivity index (χ0) is 17.6. The summed E-state index contributed by atoms with van der Waals surface area (Å²) in [6.07, 6.45) is 6.09. The number of unbranched alkanes of at least 4 members (excludes halogenated alkanes) is 1. The van der Waals surface area contributed by atoms with Crippen LogP contribution in [0.3, 0.4) is 0 Å². The number of ether oxygens (including phenoxy) is 1. The zero-order valence-electron chi connectivity index (χ0n) is 15.0. The number of imidazole rings is 1. The van der Waals surface area contributed by atoms with Crippen molar-refractivity contribution in [2.24, 2.45) is 0 Å². The van der Waals surface area contributed by atoms with Crippen LogP contribution in [0, 0.1) is 0 Å². The highest BCUT2D eigenvalue weighted by atomic mass is 32.2. The molecule has 0 spiro atoms. The van der Waals surface area contributed by atoms with Crippen molar-refractivity contribution in [2.45, 2.75) is 17.7 Å². The summed E-state index contributed by atoms with van der Waals surface area (Å²) in [6.45, 7) is 1.75. The minimum absolute atomic E-state index is 0.637. The average molecular weight is 356 g/mol. The van der Waals surface area contributed by atoms with E-state index < -0.39 is 0 Å². The minimum atomic E-state index is 0.637. The first-order valence-electron chi connectivity index (χ1n) is 8.45. The van der Waals surface area contributed by atoms with E-state index >= 15 is 0 Å². The summed E-state index contributed by atoms with van der Waals surface area (Å²) in [4.78, 5) is 7.87. The third-order valence-electron chi connectivity index (χ3n) is 3.97. The van der Waals surface area contributed by atoms with E-state index in [4.69, 9.17) is 4.74 Å². The molecule has 0 bridgehead atoms. The van der Waals surface area contributed by atoms with Crippen molar-refractivity contribution in [3.63, 3.8) is 0 Å². The van der Waals surface area contributed by atoms with Crippen molar-refractivity contribution in [3.8, 4) is 17.1 Å². The standard InChI is InChI=1S/C19H24N4OS/c1-22(2)12-6-7-13-24-19-11-10-18-20-14-16(23(18)21-19)15-8-4-5-9-17(15)25-3/h4-5,8-11,14H,6-7,12-13H2,1-3H3. The van der Waals surface area contributed by atoms with Crippen LogP contribution in [0.5, 0.6) is 5.88 Å². The highest BCUT2D eigenvalue weighted by Crippen LogP contribution is 2.30. The van der Waals surface area contributed by atoms with Gasteiger partial charge in [-0.25, -0.2) is 9.50 Å². The highest BCUT2D eigenvalue weighted by Gasteiger charge is 2.11. The van der Waals surface area contributed by atoms with E-state index in [1.54, 1.807) is 11.8 Å². The van der Waals surface area contributed by atoms with E-state index in [0.717, 1.165) is 36.3 Å². The van der Waals surface area contributed by atoms with Crippen LogP contribution in [0.25, 0.3) is 16.9 Å². The molecular weight excluding hydrogens is 332 g/mol. The van der Waals surface area contributed by atoms with Gasteiger partial charge in [0.05, 0.1) is 18.5 Å². The molecule has 132 valence electrons. The van der Waals surface area contributed by atoms with Crippen molar-refractivity contribution < 1.29 is 4.74 Å². The lowest BCUT2D eigenvalue weighted by molar-refractivity contribution is 0.280. The van der Waals surface area contributed by atoms with E-state index in [1.807, 2.05) is 35.0 Å². The predicted molar refractivity (Wildman–Crippen MR) is 103 cm³/mol. The quantitative estimate of drug-likeness (QED) is 0.453. The van der Waals surface area contributed by atoms with E-state index in [1.165, 1.54) is 4.90 Å². The van der Waals surface area contributed by atoms with E-state index in [0.29, 0.717) is 12.5 Å². The zero-order valence-corrected chi connectivity index (χ0v) is 15.8. The maximum Gasteiger partial charge on any atom is 0.231 e. The molecule has 0 saturated carbocycles. The molecule has 0 aliphatic carbocycles. The molecule has 0 N–H and O–H groups in total. The molecule has 2 heterocycles. The van der Waals surface area contributed by atoms with Gasteiger partial charge in [0, 0.05) is 16.5 Å². The van der Waals surface area contributed by atoms with Gasteiger partial charge in [0.25, 0.3) is 0 Å². The summed E-state index contributed by atoms with van der Waals surface area (Å²) in [5.74, 6) is 0.637. The number of hydrogen-bond donors (Lipinski definition) is 0. The van der Waals surface area contributed by atoms with Crippen LogP contribution in [0.15, 0.2) is 47.5 Å². The smallest absolute Gasteiger partial charge is 0.231 e. The normalized spacial score (nSPS) is 11.4. The number of rotatable bonds is 8. The molecule has 0 radical (unpaired) electrons. The molecule has 0 aliphatic rings. The summed E-state index contributed by atoms with van der Waals surface area (Å²) in [5, 5.41) is 4.63. The van der Waals surface area contributed by atoms with Crippen molar-refractivity contribution in [1.82, 2.24) is 19.5 Å². The van der Waals surface area contributed by atoms with E-state index in [9.17, 15) is 0 Å². The Hall–Kier alpha value is -2.05. The second-order valence-corrected chi connectivity index (χ2v) is 6.99. The molecule has 3 aromatic rings. The number of benzene rings is 1. The van der Waals surface area contributed by atoms with Crippen LogP contribution in [0.4, 0.5) is 0 Å². The first kappa shape index (κ1) is 17.8. The van der Waals surface area contributed by atoms with Crippen LogP contribution in [-0.4, -0.2) is 53.0 Å². The van der Waals surface area contributed by atoms with E-state index in [2.05, 4.69) is 47.5 Å². The number of thioether (sulfide) groups is 1. The number of hydrogen-bond acceptors (Lipinski definition) is 5. The topological polar surface area (TPSA) is 42.7 Å². The fourth-order valence-electron chi connectivity index (χ4n) is 2.68. The Labute approximate surface area is 153 Å². The first-order valence-corrected chi connectivity index (χ1v) is 9.67. The van der Waals surface area contributed by atoms with Crippen LogP contribution < -0.4 is 4.74 Å². The van der Waals surface area contributed by atoms with Gasteiger partial charge in [0.15, 0.2) is 5.65 Å². The second kappa shape index (κ2) is 8.36. The summed E-state index contributed by atoms with van der Waals surface area (Å²) in [7, 11) is 4.17. The fraction of sp³-hybridized carbons (Fsp3) is 0.368. The summed E-state index contributed by atoms with van der Waals surface area (Å²) in [6, 6.07) is 12.1. The number of aromatic nitrogens is 3. The number of fused-ring (bicyclic) bond motifs is 1. The predicted octanol–water partition coefficient (Wildman–Crippen LogP) is 3.84. The Bertz CT molecular complexity index is 831. The number of nitrogens with zero attached hydrogens (tertiary/aromatic N) is 4. The van der Waals surface area contributed by atoms with Gasteiger partial charge in [0.1, 0.15) is 0 Å². The van der Waals surface area contributed by atoms with Crippen molar-refractivity contribution in [1.29, 1.82) is 0 Å². The van der Waals surface area contributed by atoms with Crippen LogP contribution >= 0.6 is 11.8 Å². The molecule has 0 unspecified atom stereocenters. The minimum Gasteiger partial charge on any atom is -0.477 e. The second-order valence-electron chi connectivity index (χ2n) is 6.14. The Balaban J connectivity index is 1.78. The van der Waals surface area contributed by atoms with Gasteiger partial charge in [-0.1, -0.05) is 18.2 Å². The van der Waals surface area contributed by atoms with Gasteiger partial charge in [-0.15, -0.1) is 16.9 Å². The highest BCUT2D eigenvalue weighted by molar-refractivity contribution is 7.98. The summed E-state index contributed by atoms with van der Waals surface area (Å²) < 4.78 is 7.69. The first-order chi connectivity index (χ1) is 12.2. The van der Waals surface area contributed by atoms with E-state index in [-0.39, 0.29) is 0 Å². The molecule has 0 fully saturated rings. The average Bonchev–Trinajstić information content (AvgIpc) is 3.04. The molecule has 6 heteroatoms. The molecular formula is C19H24N4OS. The maximum atomic E-state index is 5.83. The lowest BCUT2D eigenvalue weighted by Crippen LogP contribution is -2.14. The van der Waals surface area contributed by atoms with Crippen molar-refractivity contribution >= 4 is 17.4 Å². The molecule has 25 heavy (non-hydrogen) atoms. The maximum absolute atomic E-state index is 5.83. The van der Waals surface area contributed by atoms with Gasteiger partial charge in [-0.2, -0.15) is 0 Å². The Morgan fingerprint density at radius 3 is 2.76 bits per heavy atom. The van der Waals surface area contributed by atoms with Gasteiger partial charge < -0.3 is 9.64 Å². The van der Waals surface area contributed by atoms with Crippen LogP contribution in [0.1, 0.15) is 12.8 Å². The Kier molecular flexibility index (Phi) is 5.94. The summed E-state index contributed by atoms with van der Waals surface area (Å²) >= 11 is 1.72. The molecule has 1 aromatic carbocycles. The van der Waals surface area contributed by atoms with Crippen molar-refractivity contribution in [3.05, 3.63) is 42.6 Å².